The van der Waals surface area contributed by atoms with Crippen LogP contribution in [0.3, 0.4) is 0 Å². The van der Waals surface area contributed by atoms with Gasteiger partial charge in [0.05, 0.1) is 11.6 Å². The molecular formula is C12H7NO. The number of aldehydes is 1. The molecule has 2 aromatic rings. The Morgan fingerprint density at radius 2 is 1.79 bits per heavy atom. The Labute approximate surface area is 81.4 Å². The Balaban J connectivity index is 2.93. The van der Waals surface area contributed by atoms with Gasteiger partial charge in [-0.2, -0.15) is 5.26 Å². The first kappa shape index (κ1) is 8.46. The van der Waals surface area contributed by atoms with Gasteiger partial charge in [-0.25, -0.2) is 0 Å². The SMILES string of the molecule is N#Cc1ccc(C=O)c2ccccc12. The number of nitrogens with zero attached hydrogens (tertiary/aromatic N) is 1. The molecule has 0 aromatic heterocycles. The van der Waals surface area contributed by atoms with Crippen LogP contribution in [0.2, 0.25) is 0 Å². The molecule has 2 rings (SSSR count). The minimum Gasteiger partial charge on any atom is -0.298 e. The van der Waals surface area contributed by atoms with Gasteiger partial charge in [-0.05, 0) is 17.5 Å². The van der Waals surface area contributed by atoms with Gasteiger partial charge in [-0.3, -0.25) is 4.79 Å². The normalized spacial score (nSPS) is 9.64. The van der Waals surface area contributed by atoms with Gasteiger partial charge >= 0.3 is 0 Å². The van der Waals surface area contributed by atoms with E-state index in [1.54, 1.807) is 12.1 Å². The number of carbonyl (C=O) groups is 1. The summed E-state index contributed by atoms with van der Waals surface area (Å²) in [6, 6.07) is 12.9. The van der Waals surface area contributed by atoms with Crippen LogP contribution in [0.1, 0.15) is 15.9 Å². The van der Waals surface area contributed by atoms with E-state index in [1.165, 1.54) is 0 Å². The Bertz CT molecular complexity index is 538. The maximum Gasteiger partial charge on any atom is 0.150 e. The summed E-state index contributed by atoms with van der Waals surface area (Å²) in [4.78, 5) is 10.7. The zero-order valence-corrected chi connectivity index (χ0v) is 7.40. The molecule has 0 radical (unpaired) electrons. The Morgan fingerprint density at radius 1 is 1.07 bits per heavy atom. The molecule has 0 amide bonds. The van der Waals surface area contributed by atoms with Crippen LogP contribution in [-0.2, 0) is 0 Å². The van der Waals surface area contributed by atoms with Crippen molar-refractivity contribution >= 4 is 17.1 Å². The standard InChI is InChI=1S/C12H7NO/c13-7-9-5-6-10(8-14)12-4-2-1-3-11(9)12/h1-6,8H. The smallest absolute Gasteiger partial charge is 0.150 e. The van der Waals surface area contributed by atoms with E-state index in [2.05, 4.69) is 6.07 Å². The largest absolute Gasteiger partial charge is 0.298 e. The first-order chi connectivity index (χ1) is 6.86. The summed E-state index contributed by atoms with van der Waals surface area (Å²) in [6.07, 6.45) is 0.809. The van der Waals surface area contributed by atoms with Gasteiger partial charge in [0.2, 0.25) is 0 Å². The van der Waals surface area contributed by atoms with E-state index in [9.17, 15) is 4.79 Å². The first-order valence-electron chi connectivity index (χ1n) is 4.24. The second-order valence-electron chi connectivity index (χ2n) is 2.98. The Morgan fingerprint density at radius 3 is 2.43 bits per heavy atom. The molecule has 0 aliphatic heterocycles. The molecule has 0 aliphatic carbocycles. The van der Waals surface area contributed by atoms with Crippen LogP contribution in [0.15, 0.2) is 36.4 Å². The van der Waals surface area contributed by atoms with E-state index in [-0.39, 0.29) is 0 Å². The predicted molar refractivity (Wildman–Crippen MR) is 54.1 cm³/mol. The molecule has 0 aliphatic rings. The molecular weight excluding hydrogens is 174 g/mol. The third-order valence-corrected chi connectivity index (χ3v) is 2.21. The molecule has 0 N–H and O–H groups in total. The van der Waals surface area contributed by atoms with Gasteiger partial charge in [0.15, 0.2) is 6.29 Å². The highest BCUT2D eigenvalue weighted by Crippen LogP contribution is 2.20. The fourth-order valence-electron chi connectivity index (χ4n) is 1.52. The zero-order valence-electron chi connectivity index (χ0n) is 7.40. The summed E-state index contributed by atoms with van der Waals surface area (Å²) < 4.78 is 0. The van der Waals surface area contributed by atoms with Crippen LogP contribution in [0, 0.1) is 11.3 Å². The number of carbonyl (C=O) groups excluding carboxylic acids is 1. The Kier molecular flexibility index (Phi) is 2.00. The number of hydrogen-bond acceptors (Lipinski definition) is 2. The molecule has 14 heavy (non-hydrogen) atoms. The van der Waals surface area contributed by atoms with Crippen LogP contribution in [0.5, 0.6) is 0 Å². The van der Waals surface area contributed by atoms with Gasteiger partial charge in [-0.15, -0.1) is 0 Å². The molecule has 0 spiro atoms. The zero-order chi connectivity index (χ0) is 9.97. The van der Waals surface area contributed by atoms with E-state index in [0.29, 0.717) is 11.1 Å². The number of nitriles is 1. The van der Waals surface area contributed by atoms with Crippen molar-refractivity contribution in [3.05, 3.63) is 47.5 Å². The number of benzene rings is 2. The predicted octanol–water partition coefficient (Wildman–Crippen LogP) is 2.52. The van der Waals surface area contributed by atoms with Crippen LogP contribution < -0.4 is 0 Å². The molecule has 0 atom stereocenters. The highest BCUT2D eigenvalue weighted by molar-refractivity contribution is 6.00. The third-order valence-electron chi connectivity index (χ3n) is 2.21. The fraction of sp³-hybridized carbons (Fsp3) is 0. The molecule has 0 saturated heterocycles. The van der Waals surface area contributed by atoms with E-state index in [0.717, 1.165) is 17.1 Å². The van der Waals surface area contributed by atoms with E-state index in [1.807, 2.05) is 24.3 Å². The molecule has 0 saturated carbocycles. The van der Waals surface area contributed by atoms with Gasteiger partial charge in [-0.1, -0.05) is 24.3 Å². The van der Waals surface area contributed by atoms with Gasteiger partial charge in [0, 0.05) is 10.9 Å². The highest BCUT2D eigenvalue weighted by atomic mass is 16.1. The monoisotopic (exact) mass is 181 g/mol. The fourth-order valence-corrected chi connectivity index (χ4v) is 1.52. The van der Waals surface area contributed by atoms with Crippen molar-refractivity contribution in [1.29, 1.82) is 5.26 Å². The lowest BCUT2D eigenvalue weighted by Gasteiger charge is -2.01. The van der Waals surface area contributed by atoms with Crippen molar-refractivity contribution in [3.63, 3.8) is 0 Å². The second kappa shape index (κ2) is 3.31. The lowest BCUT2D eigenvalue weighted by molar-refractivity contribution is 0.112. The highest BCUT2D eigenvalue weighted by Gasteiger charge is 2.03. The second-order valence-corrected chi connectivity index (χ2v) is 2.98. The maximum absolute atomic E-state index is 10.7. The summed E-state index contributed by atoms with van der Waals surface area (Å²) in [5.41, 5.74) is 1.23. The van der Waals surface area contributed by atoms with E-state index < -0.39 is 0 Å². The van der Waals surface area contributed by atoms with Crippen molar-refractivity contribution in [1.82, 2.24) is 0 Å². The van der Waals surface area contributed by atoms with Crippen LogP contribution in [-0.4, -0.2) is 6.29 Å². The van der Waals surface area contributed by atoms with Gasteiger partial charge < -0.3 is 0 Å². The van der Waals surface area contributed by atoms with Crippen molar-refractivity contribution in [3.8, 4) is 6.07 Å². The summed E-state index contributed by atoms with van der Waals surface area (Å²) in [6.45, 7) is 0. The average molecular weight is 181 g/mol. The number of fused-ring (bicyclic) bond motifs is 1. The van der Waals surface area contributed by atoms with Crippen molar-refractivity contribution in [2.75, 3.05) is 0 Å². The minimum atomic E-state index is 0.603. The molecule has 2 heteroatoms. The minimum absolute atomic E-state index is 0.603. The third kappa shape index (κ3) is 1.16. The van der Waals surface area contributed by atoms with Crippen LogP contribution >= 0.6 is 0 Å². The van der Waals surface area contributed by atoms with Crippen molar-refractivity contribution in [2.45, 2.75) is 0 Å². The molecule has 2 aromatic carbocycles. The van der Waals surface area contributed by atoms with E-state index in [4.69, 9.17) is 5.26 Å². The Hall–Kier alpha value is -2.14. The lowest BCUT2D eigenvalue weighted by Crippen LogP contribution is -1.86. The number of rotatable bonds is 1. The molecule has 0 heterocycles. The summed E-state index contributed by atoms with van der Waals surface area (Å²) >= 11 is 0. The summed E-state index contributed by atoms with van der Waals surface area (Å²) in [7, 11) is 0. The number of hydrogen-bond donors (Lipinski definition) is 0. The van der Waals surface area contributed by atoms with Crippen LogP contribution in [0.25, 0.3) is 10.8 Å². The van der Waals surface area contributed by atoms with Gasteiger partial charge in [0.1, 0.15) is 0 Å². The van der Waals surface area contributed by atoms with Crippen LogP contribution in [0.4, 0.5) is 0 Å². The van der Waals surface area contributed by atoms with Crippen molar-refractivity contribution < 1.29 is 4.79 Å². The molecule has 66 valence electrons. The quantitative estimate of drug-likeness (QED) is 0.634. The molecule has 0 unspecified atom stereocenters. The summed E-state index contributed by atoms with van der Waals surface area (Å²) in [5, 5.41) is 10.5. The lowest BCUT2D eigenvalue weighted by atomic mass is 10.0. The maximum atomic E-state index is 10.7. The molecule has 2 nitrogen and oxygen atoms in total. The van der Waals surface area contributed by atoms with Crippen molar-refractivity contribution in [2.24, 2.45) is 0 Å². The van der Waals surface area contributed by atoms with E-state index >= 15 is 0 Å². The first-order valence-corrected chi connectivity index (χ1v) is 4.24. The van der Waals surface area contributed by atoms with Gasteiger partial charge in [0.25, 0.3) is 0 Å². The molecule has 0 bridgehead atoms. The topological polar surface area (TPSA) is 40.9 Å². The molecule has 0 fully saturated rings. The summed E-state index contributed by atoms with van der Waals surface area (Å²) in [5.74, 6) is 0. The average Bonchev–Trinajstić information content (AvgIpc) is 2.27.